The number of anilines is 1. The van der Waals surface area contributed by atoms with E-state index >= 15 is 0 Å². The summed E-state index contributed by atoms with van der Waals surface area (Å²) in [7, 11) is 28.8. The number of halogens is 6. The van der Waals surface area contributed by atoms with Crippen LogP contribution in [0.2, 0.25) is 0 Å². The summed E-state index contributed by atoms with van der Waals surface area (Å²) in [4.78, 5) is 14.2. The van der Waals surface area contributed by atoms with E-state index in [4.69, 9.17) is 53.0 Å². The first-order chi connectivity index (χ1) is 11.6. The molecular weight excluding hydrogens is 571 g/mol. The third kappa shape index (κ3) is 12.5. The van der Waals surface area contributed by atoms with Crippen molar-refractivity contribution < 1.29 is 9.37 Å². The third-order valence-electron chi connectivity index (χ3n) is 2.62. The SMILES string of the molecule is C[N+](C)=CN(C(=O)c1ccccc1)c1ccccc1.[Cl][Sb-]([Cl])([Cl])([Cl])([Cl])[Cl]. The molecule has 2 aromatic rings. The Kier molecular flexibility index (Phi) is 8.05. The Balaban J connectivity index is 0.000000412. The Morgan fingerprint density at radius 2 is 1.23 bits per heavy atom. The number of para-hydroxylation sites is 1. The summed E-state index contributed by atoms with van der Waals surface area (Å²) in [5, 5.41) is 0. The molecule has 0 aromatic heterocycles. The van der Waals surface area contributed by atoms with E-state index in [0.29, 0.717) is 5.56 Å². The molecule has 144 valence electrons. The molecule has 0 spiro atoms. The van der Waals surface area contributed by atoms with E-state index in [1.165, 1.54) is 0 Å². The normalized spacial score (nSPS) is 13.4. The van der Waals surface area contributed by atoms with Crippen LogP contribution in [0.25, 0.3) is 0 Å². The molecule has 0 radical (unpaired) electrons. The van der Waals surface area contributed by atoms with E-state index < -0.39 is 9.14 Å². The van der Waals surface area contributed by atoms with Crippen molar-refractivity contribution in [3.05, 3.63) is 66.2 Å². The van der Waals surface area contributed by atoms with Gasteiger partial charge < -0.3 is 0 Å². The summed E-state index contributed by atoms with van der Waals surface area (Å²) < 4.78 is 1.86. The van der Waals surface area contributed by atoms with Gasteiger partial charge in [-0.2, -0.15) is 4.90 Å². The molecule has 3 nitrogen and oxygen atoms in total. The fourth-order valence-corrected chi connectivity index (χ4v) is 1.78. The molecule has 0 fully saturated rings. The van der Waals surface area contributed by atoms with Gasteiger partial charge in [0.2, 0.25) is 6.34 Å². The number of hydrogen-bond donors (Lipinski definition) is 0. The second-order valence-electron chi connectivity index (χ2n) is 5.41. The van der Waals surface area contributed by atoms with Crippen LogP contribution < -0.4 is 4.90 Å². The summed E-state index contributed by atoms with van der Waals surface area (Å²) in [5.41, 5.74) is 1.52. The maximum atomic E-state index is 12.5. The standard InChI is InChI=1S/C16H17N2O.6ClH.Sb/c1-17(2)13-18(15-11-7-4-8-12-15)16(19)14-9-5-3-6-10-14;;;;;;;/h3-13H,1-2H3;6*1H;/q+1;;;;;;;+5/p-6. The zero-order valence-corrected chi connectivity index (χ0v) is 21.0. The fourth-order valence-electron chi connectivity index (χ4n) is 1.78. The summed E-state index contributed by atoms with van der Waals surface area (Å²) in [6, 6.07) is 18.9. The van der Waals surface area contributed by atoms with Crippen LogP contribution in [0.1, 0.15) is 10.4 Å². The van der Waals surface area contributed by atoms with Crippen LogP contribution in [0.4, 0.5) is 5.69 Å². The Hall–Kier alpha value is 0.138. The molecule has 2 rings (SSSR count). The number of nitrogens with zero attached hydrogens (tertiary/aromatic N) is 2. The number of rotatable bonds is 3. The van der Waals surface area contributed by atoms with Crippen molar-refractivity contribution in [2.45, 2.75) is 0 Å². The zero-order valence-electron chi connectivity index (χ0n) is 13.9. The Labute approximate surface area is 173 Å². The minimum absolute atomic E-state index is 0.0412. The van der Waals surface area contributed by atoms with Crippen LogP contribution in [0, 0.1) is 0 Å². The second kappa shape index (κ2) is 8.65. The molecule has 0 atom stereocenters. The van der Waals surface area contributed by atoms with Crippen molar-refractivity contribution in [1.82, 2.24) is 0 Å². The Morgan fingerprint density at radius 1 is 0.846 bits per heavy atom. The van der Waals surface area contributed by atoms with E-state index in [-0.39, 0.29) is 5.91 Å². The van der Waals surface area contributed by atoms with Gasteiger partial charge in [-0.3, -0.25) is 4.58 Å². The maximum absolute atomic E-state index is 12.5. The molecule has 10 heteroatoms. The number of benzene rings is 2. The quantitative estimate of drug-likeness (QED) is 0.177. The molecule has 26 heavy (non-hydrogen) atoms. The van der Waals surface area contributed by atoms with Gasteiger partial charge in [0.25, 0.3) is 0 Å². The average Bonchev–Trinajstić information content (AvgIpc) is 2.50. The van der Waals surface area contributed by atoms with Crippen LogP contribution in [0.3, 0.4) is 0 Å². The Bertz CT molecular complexity index is 761. The number of carbonyl (C=O) groups is 1. The van der Waals surface area contributed by atoms with E-state index in [9.17, 15) is 4.79 Å². The van der Waals surface area contributed by atoms with Gasteiger partial charge in [0.05, 0.1) is 19.7 Å². The monoisotopic (exact) mass is 584 g/mol. The zero-order chi connectivity index (χ0) is 20.1. The van der Waals surface area contributed by atoms with Crippen molar-refractivity contribution in [1.29, 1.82) is 0 Å². The molecule has 0 unspecified atom stereocenters. The number of hydrogen-bond acceptors (Lipinski definition) is 1. The number of amides is 1. The summed E-state index contributed by atoms with van der Waals surface area (Å²) in [6.45, 7) is 0. The first kappa shape index (κ1) is 24.2. The molecule has 0 heterocycles. The van der Waals surface area contributed by atoms with E-state index in [0.717, 1.165) is 5.69 Å². The van der Waals surface area contributed by atoms with Crippen LogP contribution in [-0.4, -0.2) is 40.1 Å². The Morgan fingerprint density at radius 3 is 1.62 bits per heavy atom. The van der Waals surface area contributed by atoms with E-state index in [1.54, 1.807) is 11.2 Å². The van der Waals surface area contributed by atoms with Crippen molar-refractivity contribution >= 4 is 80.0 Å². The van der Waals surface area contributed by atoms with Gasteiger partial charge in [0.15, 0.2) is 0 Å². The fraction of sp³-hybridized carbons (Fsp3) is 0.125. The van der Waals surface area contributed by atoms with Gasteiger partial charge in [-0.25, -0.2) is 4.79 Å². The molecule has 0 N–H and O–H groups in total. The second-order valence-corrected chi connectivity index (χ2v) is 62.3. The van der Waals surface area contributed by atoms with Crippen LogP contribution in [-0.2, 0) is 0 Å². The van der Waals surface area contributed by atoms with Gasteiger partial charge in [-0.05, 0) is 24.3 Å². The van der Waals surface area contributed by atoms with Gasteiger partial charge in [0, 0.05) is 0 Å². The predicted octanol–water partition coefficient (Wildman–Crippen LogP) is 6.39. The van der Waals surface area contributed by atoms with E-state index in [1.807, 2.05) is 79.3 Å². The topological polar surface area (TPSA) is 23.3 Å². The predicted molar refractivity (Wildman–Crippen MR) is 119 cm³/mol. The van der Waals surface area contributed by atoms with Crippen molar-refractivity contribution in [2.75, 3.05) is 19.0 Å². The van der Waals surface area contributed by atoms with Crippen molar-refractivity contribution in [3.63, 3.8) is 0 Å². The van der Waals surface area contributed by atoms with Gasteiger partial charge in [-0.1, -0.05) is 36.4 Å². The molecule has 0 aliphatic heterocycles. The van der Waals surface area contributed by atoms with Crippen LogP contribution >= 0.6 is 53.0 Å². The average molecular weight is 588 g/mol. The molecule has 0 aliphatic carbocycles. The van der Waals surface area contributed by atoms with Gasteiger partial charge >= 0.3 is 68.0 Å². The van der Waals surface area contributed by atoms with Crippen molar-refractivity contribution in [3.8, 4) is 0 Å². The number of carbonyl (C=O) groups excluding carboxylic acids is 1. The minimum atomic E-state index is -5.42. The third-order valence-corrected chi connectivity index (χ3v) is 2.62. The molecule has 0 bridgehead atoms. The molecule has 0 aliphatic rings. The van der Waals surface area contributed by atoms with Crippen molar-refractivity contribution in [2.24, 2.45) is 0 Å². The summed E-state index contributed by atoms with van der Waals surface area (Å²) in [6.07, 6.45) is 1.78. The van der Waals surface area contributed by atoms with Gasteiger partial charge in [0.1, 0.15) is 5.69 Å². The van der Waals surface area contributed by atoms with Gasteiger partial charge in [-0.15, -0.1) is 0 Å². The summed E-state index contributed by atoms with van der Waals surface area (Å²) in [5.74, 6) is -0.0412. The molecule has 0 saturated heterocycles. The molecule has 1 amide bonds. The van der Waals surface area contributed by atoms with Crippen LogP contribution in [0.15, 0.2) is 60.7 Å². The first-order valence-electron chi connectivity index (χ1n) is 7.15. The molecule has 2 aromatic carbocycles. The molecule has 0 saturated carbocycles. The van der Waals surface area contributed by atoms with Crippen LogP contribution in [0.5, 0.6) is 0 Å². The first-order valence-corrected chi connectivity index (χ1v) is 26.5. The summed E-state index contributed by atoms with van der Waals surface area (Å²) >= 11 is 0. The molecular formula is C16H17Cl6N2OSb. The van der Waals surface area contributed by atoms with E-state index in [2.05, 4.69) is 0 Å².